The van der Waals surface area contributed by atoms with Crippen LogP contribution >= 0.6 is 0 Å². The molecule has 5 nitrogen and oxygen atoms in total. The Morgan fingerprint density at radius 3 is 2.74 bits per heavy atom. The number of rotatable bonds is 5. The van der Waals surface area contributed by atoms with Crippen LogP contribution in [0.1, 0.15) is 32.6 Å². The number of aliphatic hydroxyl groups excluding tert-OH is 1. The molecule has 6 heteroatoms. The number of sulfone groups is 1. The molecule has 19 heavy (non-hydrogen) atoms. The minimum Gasteiger partial charge on any atom is -0.390 e. The highest BCUT2D eigenvalue weighted by Crippen LogP contribution is 2.26. The zero-order valence-electron chi connectivity index (χ0n) is 11.7. The summed E-state index contributed by atoms with van der Waals surface area (Å²) in [6, 6.07) is 0.173. The van der Waals surface area contributed by atoms with E-state index in [1.807, 2.05) is 0 Å². The van der Waals surface area contributed by atoms with Crippen LogP contribution < -0.4 is 5.32 Å². The lowest BCUT2D eigenvalue weighted by atomic mass is 9.98. The average molecular weight is 290 g/mol. The molecule has 2 aliphatic heterocycles. The van der Waals surface area contributed by atoms with E-state index in [0.29, 0.717) is 6.04 Å². The summed E-state index contributed by atoms with van der Waals surface area (Å²) in [7, 11) is -3.05. The van der Waals surface area contributed by atoms with Crippen molar-refractivity contribution < 1.29 is 13.5 Å². The average Bonchev–Trinajstić information content (AvgIpc) is 2.64. The molecule has 0 aliphatic carbocycles. The van der Waals surface area contributed by atoms with Crippen LogP contribution in [-0.2, 0) is 9.84 Å². The van der Waals surface area contributed by atoms with Gasteiger partial charge in [0, 0.05) is 12.6 Å². The molecule has 0 aromatic carbocycles. The third-order valence-electron chi connectivity index (χ3n) is 4.20. The van der Waals surface area contributed by atoms with E-state index in [1.54, 1.807) is 0 Å². The number of nitrogens with one attached hydrogen (secondary N) is 1. The van der Waals surface area contributed by atoms with Gasteiger partial charge >= 0.3 is 0 Å². The van der Waals surface area contributed by atoms with Crippen molar-refractivity contribution in [1.82, 2.24) is 10.2 Å². The number of piperidine rings is 1. The minimum absolute atomic E-state index is 0.0662. The molecule has 112 valence electrons. The zero-order valence-corrected chi connectivity index (χ0v) is 12.5. The lowest BCUT2D eigenvalue weighted by Crippen LogP contribution is -2.54. The molecule has 2 N–H and O–H groups in total. The van der Waals surface area contributed by atoms with Crippen molar-refractivity contribution in [2.24, 2.45) is 0 Å². The fourth-order valence-electron chi connectivity index (χ4n) is 3.25. The van der Waals surface area contributed by atoms with Gasteiger partial charge in [0.05, 0.1) is 23.7 Å². The van der Waals surface area contributed by atoms with Crippen LogP contribution in [0.2, 0.25) is 0 Å². The Labute approximate surface area is 116 Å². The molecular weight excluding hydrogens is 264 g/mol. The molecule has 2 heterocycles. The molecule has 0 radical (unpaired) electrons. The fraction of sp³-hybridized carbons (Fsp3) is 1.00. The highest BCUT2D eigenvalue weighted by molar-refractivity contribution is 7.91. The molecule has 0 saturated carbocycles. The smallest absolute Gasteiger partial charge is 0.154 e. The van der Waals surface area contributed by atoms with Crippen LogP contribution in [0.4, 0.5) is 0 Å². The Kier molecular flexibility index (Phi) is 5.22. The third kappa shape index (κ3) is 3.90. The largest absolute Gasteiger partial charge is 0.390 e. The quantitative estimate of drug-likeness (QED) is 0.698. The second kappa shape index (κ2) is 6.52. The molecular formula is C13H26N2O3S. The zero-order chi connectivity index (χ0) is 13.9. The fourth-order valence-corrected chi connectivity index (χ4v) is 5.06. The number of likely N-dealkylation sites (tertiary alicyclic amines) is 1. The second-order valence-corrected chi connectivity index (χ2v) is 7.96. The topological polar surface area (TPSA) is 69.6 Å². The first kappa shape index (κ1) is 15.2. The van der Waals surface area contributed by atoms with Gasteiger partial charge in [0.15, 0.2) is 9.84 Å². The molecule has 2 saturated heterocycles. The highest BCUT2D eigenvalue weighted by atomic mass is 32.2. The third-order valence-corrected chi connectivity index (χ3v) is 5.90. The number of hydrogen-bond donors (Lipinski definition) is 2. The highest BCUT2D eigenvalue weighted by Gasteiger charge is 2.42. The van der Waals surface area contributed by atoms with Gasteiger partial charge in [-0.15, -0.1) is 0 Å². The Balaban J connectivity index is 1.99. The molecule has 3 unspecified atom stereocenters. The van der Waals surface area contributed by atoms with Gasteiger partial charge in [-0.05, 0) is 32.4 Å². The van der Waals surface area contributed by atoms with E-state index in [4.69, 9.17) is 0 Å². The van der Waals surface area contributed by atoms with E-state index in [-0.39, 0.29) is 17.5 Å². The van der Waals surface area contributed by atoms with Gasteiger partial charge in [-0.1, -0.05) is 13.3 Å². The van der Waals surface area contributed by atoms with E-state index >= 15 is 0 Å². The minimum atomic E-state index is -3.05. The van der Waals surface area contributed by atoms with Crippen LogP contribution in [-0.4, -0.2) is 67.8 Å². The first-order valence-electron chi connectivity index (χ1n) is 7.38. The van der Waals surface area contributed by atoms with Gasteiger partial charge in [0.1, 0.15) is 0 Å². The van der Waals surface area contributed by atoms with Crippen LogP contribution in [0.3, 0.4) is 0 Å². The summed E-state index contributed by atoms with van der Waals surface area (Å²) in [5.74, 6) is 0.0573. The lowest BCUT2D eigenvalue weighted by molar-refractivity contribution is 0.0347. The van der Waals surface area contributed by atoms with Crippen molar-refractivity contribution in [3.63, 3.8) is 0 Å². The van der Waals surface area contributed by atoms with E-state index in [1.165, 1.54) is 6.42 Å². The summed E-state index contributed by atoms with van der Waals surface area (Å²) < 4.78 is 23.3. The molecule has 2 aliphatic rings. The number of hydrogen-bond acceptors (Lipinski definition) is 5. The van der Waals surface area contributed by atoms with E-state index in [0.717, 1.165) is 38.9 Å². The Morgan fingerprint density at radius 2 is 2.11 bits per heavy atom. The summed E-state index contributed by atoms with van der Waals surface area (Å²) in [4.78, 5) is 2.24. The van der Waals surface area contributed by atoms with Crippen molar-refractivity contribution in [3.05, 3.63) is 0 Å². The molecule has 2 rings (SSSR count). The Bertz CT molecular complexity index is 385. The summed E-state index contributed by atoms with van der Waals surface area (Å²) in [6.45, 7) is 4.95. The van der Waals surface area contributed by atoms with Crippen molar-refractivity contribution in [1.29, 1.82) is 0 Å². The Hall–Kier alpha value is -0.170. The van der Waals surface area contributed by atoms with Crippen LogP contribution in [0, 0.1) is 0 Å². The van der Waals surface area contributed by atoms with E-state index < -0.39 is 15.9 Å². The van der Waals surface area contributed by atoms with Crippen LogP contribution in [0.25, 0.3) is 0 Å². The Morgan fingerprint density at radius 1 is 1.32 bits per heavy atom. The molecule has 2 fully saturated rings. The maximum atomic E-state index is 11.7. The van der Waals surface area contributed by atoms with Crippen molar-refractivity contribution in [2.45, 2.75) is 50.8 Å². The van der Waals surface area contributed by atoms with Gasteiger partial charge < -0.3 is 10.4 Å². The molecule has 3 atom stereocenters. The maximum absolute atomic E-state index is 11.7. The van der Waals surface area contributed by atoms with E-state index in [2.05, 4.69) is 17.1 Å². The lowest BCUT2D eigenvalue weighted by Gasteiger charge is -2.40. The standard InChI is InChI=1S/C13H26N2O3S/c1-2-6-14-8-11-5-3-4-7-15(11)12-9-19(17,18)10-13(12)16/h11-14,16H,2-10H2,1H3. The van der Waals surface area contributed by atoms with Gasteiger partial charge in [0.2, 0.25) is 0 Å². The second-order valence-electron chi connectivity index (χ2n) is 5.80. The molecule has 0 amide bonds. The monoisotopic (exact) mass is 290 g/mol. The summed E-state index contributed by atoms with van der Waals surface area (Å²) >= 11 is 0. The summed E-state index contributed by atoms with van der Waals surface area (Å²) in [5.41, 5.74) is 0. The van der Waals surface area contributed by atoms with Gasteiger partial charge in [-0.25, -0.2) is 8.42 Å². The normalized spacial score (nSPS) is 35.6. The molecule has 0 spiro atoms. The van der Waals surface area contributed by atoms with Crippen molar-refractivity contribution >= 4 is 9.84 Å². The molecule has 0 bridgehead atoms. The van der Waals surface area contributed by atoms with Crippen LogP contribution in [0.5, 0.6) is 0 Å². The van der Waals surface area contributed by atoms with Crippen molar-refractivity contribution in [2.75, 3.05) is 31.1 Å². The first-order valence-corrected chi connectivity index (χ1v) is 9.20. The predicted octanol–water partition coefficient (Wildman–Crippen LogP) is -0.00160. The molecule has 0 aromatic heterocycles. The first-order chi connectivity index (χ1) is 9.03. The SMILES string of the molecule is CCCNCC1CCCCN1C1CS(=O)(=O)CC1O. The van der Waals surface area contributed by atoms with Crippen LogP contribution in [0.15, 0.2) is 0 Å². The molecule has 0 aromatic rings. The van der Waals surface area contributed by atoms with Gasteiger partial charge in [0.25, 0.3) is 0 Å². The summed E-state index contributed by atoms with van der Waals surface area (Å²) in [5, 5.41) is 13.4. The predicted molar refractivity (Wildman–Crippen MR) is 76.0 cm³/mol. The maximum Gasteiger partial charge on any atom is 0.154 e. The van der Waals surface area contributed by atoms with Gasteiger partial charge in [-0.3, -0.25) is 4.90 Å². The number of aliphatic hydroxyl groups is 1. The van der Waals surface area contributed by atoms with E-state index in [9.17, 15) is 13.5 Å². The number of nitrogens with zero attached hydrogens (tertiary/aromatic N) is 1. The van der Waals surface area contributed by atoms with Gasteiger partial charge in [-0.2, -0.15) is 0 Å². The van der Waals surface area contributed by atoms with Crippen molar-refractivity contribution in [3.8, 4) is 0 Å². The summed E-state index contributed by atoms with van der Waals surface area (Å²) in [6.07, 6.45) is 3.79.